The summed E-state index contributed by atoms with van der Waals surface area (Å²) in [7, 11) is 1.98. The van der Waals surface area contributed by atoms with Gasteiger partial charge in [-0.25, -0.2) is 4.98 Å². The minimum absolute atomic E-state index is 0.497. The third-order valence-electron chi connectivity index (χ3n) is 4.60. The van der Waals surface area contributed by atoms with Crippen LogP contribution in [0.5, 0.6) is 0 Å². The summed E-state index contributed by atoms with van der Waals surface area (Å²) < 4.78 is 3.92. The summed E-state index contributed by atoms with van der Waals surface area (Å²) in [6.45, 7) is 2.15. The first-order valence-electron chi connectivity index (χ1n) is 8.09. The van der Waals surface area contributed by atoms with Gasteiger partial charge in [-0.1, -0.05) is 12.1 Å². The number of nitrogens with zero attached hydrogens (tertiary/aromatic N) is 5. The predicted octanol–water partition coefficient (Wildman–Crippen LogP) is 2.94. The van der Waals surface area contributed by atoms with E-state index in [2.05, 4.69) is 45.4 Å². The molecule has 1 aromatic carbocycles. The molecule has 0 aliphatic carbocycles. The van der Waals surface area contributed by atoms with Gasteiger partial charge in [-0.05, 0) is 37.1 Å². The molecule has 2 aromatic heterocycles. The van der Waals surface area contributed by atoms with E-state index in [1.807, 2.05) is 35.0 Å². The van der Waals surface area contributed by atoms with Crippen molar-refractivity contribution in [2.75, 3.05) is 6.54 Å². The molecule has 3 aromatic rings. The molecule has 0 amide bonds. The number of likely N-dealkylation sites (tertiary alicyclic amines) is 1. The number of hydrogen-bond acceptors (Lipinski definition) is 3. The van der Waals surface area contributed by atoms with E-state index in [1.54, 1.807) is 6.20 Å². The van der Waals surface area contributed by atoms with Gasteiger partial charge in [0.15, 0.2) is 0 Å². The Morgan fingerprint density at radius 3 is 2.78 bits per heavy atom. The van der Waals surface area contributed by atoms with Crippen molar-refractivity contribution in [2.24, 2.45) is 7.05 Å². The van der Waals surface area contributed by atoms with Gasteiger partial charge in [0.25, 0.3) is 0 Å². The van der Waals surface area contributed by atoms with E-state index in [0.717, 1.165) is 18.8 Å². The Morgan fingerprint density at radius 2 is 2.09 bits per heavy atom. The number of aryl methyl sites for hydroxylation is 1. The molecule has 0 N–H and O–H groups in total. The van der Waals surface area contributed by atoms with Gasteiger partial charge >= 0.3 is 0 Å². The molecule has 0 spiro atoms. The molecule has 1 saturated heterocycles. The number of benzene rings is 1. The van der Waals surface area contributed by atoms with E-state index in [9.17, 15) is 0 Å². The lowest BCUT2D eigenvalue weighted by Crippen LogP contribution is -2.22. The van der Waals surface area contributed by atoms with Crippen LogP contribution >= 0.6 is 0 Å². The van der Waals surface area contributed by atoms with Crippen LogP contribution in [-0.2, 0) is 13.6 Å². The van der Waals surface area contributed by atoms with Crippen LogP contribution in [0.25, 0.3) is 5.69 Å². The molecule has 0 bridgehead atoms. The second kappa shape index (κ2) is 6.01. The van der Waals surface area contributed by atoms with Crippen LogP contribution in [0.2, 0.25) is 0 Å². The van der Waals surface area contributed by atoms with Gasteiger partial charge in [-0.15, -0.1) is 0 Å². The van der Waals surface area contributed by atoms with Gasteiger partial charge in [-0.3, -0.25) is 9.58 Å². The third kappa shape index (κ3) is 2.92. The number of hydrogen-bond donors (Lipinski definition) is 0. The Labute approximate surface area is 136 Å². The standard InChI is InChI=1S/C18H21N5/c1-21-13-16(11-20-21)18-3-2-9-22(18)12-15-4-6-17(7-5-15)23-10-8-19-14-23/h4-8,10-11,13-14,18H,2-3,9,12H2,1H3/t18-/m1/s1. The molecule has 5 nitrogen and oxygen atoms in total. The normalized spacial score (nSPS) is 18.6. The van der Waals surface area contributed by atoms with E-state index in [4.69, 9.17) is 0 Å². The van der Waals surface area contributed by atoms with Gasteiger partial charge < -0.3 is 4.57 Å². The van der Waals surface area contributed by atoms with Gasteiger partial charge in [-0.2, -0.15) is 5.10 Å². The first-order chi connectivity index (χ1) is 11.3. The average molecular weight is 307 g/mol. The van der Waals surface area contributed by atoms with E-state index >= 15 is 0 Å². The zero-order valence-corrected chi connectivity index (χ0v) is 13.3. The van der Waals surface area contributed by atoms with Crippen molar-refractivity contribution in [1.29, 1.82) is 0 Å². The fourth-order valence-electron chi connectivity index (χ4n) is 3.42. The quantitative estimate of drug-likeness (QED) is 0.744. The minimum Gasteiger partial charge on any atom is -0.306 e. The first-order valence-corrected chi connectivity index (χ1v) is 8.09. The van der Waals surface area contributed by atoms with Crippen LogP contribution in [0.3, 0.4) is 0 Å². The largest absolute Gasteiger partial charge is 0.306 e. The van der Waals surface area contributed by atoms with Crippen LogP contribution in [0.4, 0.5) is 0 Å². The summed E-state index contributed by atoms with van der Waals surface area (Å²) in [6, 6.07) is 9.25. The van der Waals surface area contributed by atoms with Gasteiger partial charge in [0.2, 0.25) is 0 Å². The SMILES string of the molecule is Cn1cc([C@H]2CCCN2Cc2ccc(-n3ccnc3)cc2)cn1. The highest BCUT2D eigenvalue weighted by atomic mass is 15.3. The Morgan fingerprint density at radius 1 is 1.22 bits per heavy atom. The molecule has 1 aliphatic rings. The summed E-state index contributed by atoms with van der Waals surface area (Å²) >= 11 is 0. The first kappa shape index (κ1) is 14.2. The van der Waals surface area contributed by atoms with Crippen LogP contribution in [0, 0.1) is 0 Å². The minimum atomic E-state index is 0.497. The average Bonchev–Trinajstić information content (AvgIpc) is 3.29. The van der Waals surface area contributed by atoms with Crippen molar-refractivity contribution in [2.45, 2.75) is 25.4 Å². The maximum atomic E-state index is 4.32. The molecule has 1 atom stereocenters. The van der Waals surface area contributed by atoms with Gasteiger partial charge in [0.05, 0.1) is 12.5 Å². The molecule has 23 heavy (non-hydrogen) atoms. The summed E-state index contributed by atoms with van der Waals surface area (Å²) in [5.41, 5.74) is 3.83. The highest BCUT2D eigenvalue weighted by Gasteiger charge is 2.26. The van der Waals surface area contributed by atoms with Crippen molar-refractivity contribution in [3.8, 4) is 5.69 Å². The van der Waals surface area contributed by atoms with Gasteiger partial charge in [0, 0.05) is 49.5 Å². The molecule has 0 radical (unpaired) electrons. The second-order valence-corrected chi connectivity index (χ2v) is 6.21. The Balaban J connectivity index is 1.49. The maximum Gasteiger partial charge on any atom is 0.0991 e. The topological polar surface area (TPSA) is 38.9 Å². The number of aromatic nitrogens is 4. The molecule has 1 fully saturated rings. The molecule has 5 heteroatoms. The number of rotatable bonds is 4. The monoisotopic (exact) mass is 307 g/mol. The van der Waals surface area contributed by atoms with E-state index in [-0.39, 0.29) is 0 Å². The molecule has 4 rings (SSSR count). The molecule has 118 valence electrons. The summed E-state index contributed by atoms with van der Waals surface area (Å²) in [5.74, 6) is 0. The van der Waals surface area contributed by atoms with Crippen LogP contribution < -0.4 is 0 Å². The van der Waals surface area contributed by atoms with Crippen LogP contribution in [0.15, 0.2) is 55.4 Å². The summed E-state index contributed by atoms with van der Waals surface area (Å²) in [4.78, 5) is 6.66. The highest BCUT2D eigenvalue weighted by molar-refractivity contribution is 5.34. The number of imidazole rings is 1. The molecule has 3 heterocycles. The molecule has 0 unspecified atom stereocenters. The van der Waals surface area contributed by atoms with Crippen molar-refractivity contribution >= 4 is 0 Å². The zero-order chi connectivity index (χ0) is 15.6. The van der Waals surface area contributed by atoms with Crippen molar-refractivity contribution < 1.29 is 0 Å². The van der Waals surface area contributed by atoms with Crippen molar-refractivity contribution in [3.63, 3.8) is 0 Å². The predicted molar refractivity (Wildman–Crippen MR) is 89.2 cm³/mol. The molecule has 0 saturated carbocycles. The lowest BCUT2D eigenvalue weighted by Gasteiger charge is -2.23. The second-order valence-electron chi connectivity index (χ2n) is 6.21. The maximum absolute atomic E-state index is 4.32. The summed E-state index contributed by atoms with van der Waals surface area (Å²) in [6.07, 6.45) is 12.2. The summed E-state index contributed by atoms with van der Waals surface area (Å²) in [5, 5.41) is 4.32. The smallest absolute Gasteiger partial charge is 0.0991 e. The molecule has 1 aliphatic heterocycles. The van der Waals surface area contributed by atoms with Gasteiger partial charge in [0.1, 0.15) is 0 Å². The van der Waals surface area contributed by atoms with Crippen LogP contribution in [-0.4, -0.2) is 30.8 Å². The fraction of sp³-hybridized carbons (Fsp3) is 0.333. The van der Waals surface area contributed by atoms with E-state index in [1.165, 1.54) is 24.0 Å². The van der Waals surface area contributed by atoms with Crippen molar-refractivity contribution in [3.05, 3.63) is 66.5 Å². The Hall–Kier alpha value is -2.40. The fourth-order valence-corrected chi connectivity index (χ4v) is 3.42. The van der Waals surface area contributed by atoms with Crippen LogP contribution in [0.1, 0.15) is 30.0 Å². The molecular weight excluding hydrogens is 286 g/mol. The van der Waals surface area contributed by atoms with E-state index < -0.39 is 0 Å². The van der Waals surface area contributed by atoms with E-state index in [0.29, 0.717) is 6.04 Å². The lowest BCUT2D eigenvalue weighted by molar-refractivity contribution is 0.248. The van der Waals surface area contributed by atoms with Crippen molar-refractivity contribution in [1.82, 2.24) is 24.2 Å². The Bertz CT molecular complexity index is 757. The molecular formula is C18H21N5. The Kier molecular flexibility index (Phi) is 3.71. The third-order valence-corrected chi connectivity index (χ3v) is 4.60. The lowest BCUT2D eigenvalue weighted by atomic mass is 10.1. The highest BCUT2D eigenvalue weighted by Crippen LogP contribution is 2.32. The zero-order valence-electron chi connectivity index (χ0n) is 13.3.